The van der Waals surface area contributed by atoms with Crippen molar-refractivity contribution in [2.75, 3.05) is 11.9 Å². The number of aromatic nitrogens is 1. The quantitative estimate of drug-likeness (QED) is 0.623. The number of nitrogens with zero attached hydrogens (tertiary/aromatic N) is 2. The van der Waals surface area contributed by atoms with E-state index in [-0.39, 0.29) is 5.91 Å². The van der Waals surface area contributed by atoms with E-state index in [0.29, 0.717) is 5.15 Å². The molecule has 0 N–H and O–H groups in total. The molecule has 0 radical (unpaired) electrons. The molecular weight excluding hydrogens is 176 g/mol. The van der Waals surface area contributed by atoms with Crippen LogP contribution < -0.4 is 4.90 Å². The summed E-state index contributed by atoms with van der Waals surface area (Å²) in [5, 5.41) is 0.389. The average molecular weight is 185 g/mol. The Hall–Kier alpha value is -1.09. The van der Waals surface area contributed by atoms with E-state index in [1.54, 1.807) is 25.4 Å². The molecule has 4 heteroatoms. The number of carbonyl (C=O) groups excluding carboxylic acids is 1. The van der Waals surface area contributed by atoms with Crippen molar-refractivity contribution in [3.63, 3.8) is 0 Å². The van der Waals surface area contributed by atoms with Crippen LogP contribution >= 0.6 is 11.6 Å². The highest BCUT2D eigenvalue weighted by Crippen LogP contribution is 2.15. The minimum atomic E-state index is -0.0303. The van der Waals surface area contributed by atoms with Gasteiger partial charge in [0.2, 0.25) is 5.91 Å². The molecule has 64 valence electrons. The van der Waals surface area contributed by atoms with Crippen LogP contribution in [-0.2, 0) is 4.79 Å². The van der Waals surface area contributed by atoms with Gasteiger partial charge in [-0.15, -0.1) is 0 Å². The molecule has 0 saturated heterocycles. The predicted molar refractivity (Wildman–Crippen MR) is 48.3 cm³/mol. The zero-order valence-electron chi connectivity index (χ0n) is 6.91. The second kappa shape index (κ2) is 3.54. The molecule has 0 aliphatic carbocycles. The van der Waals surface area contributed by atoms with Crippen LogP contribution in [0.25, 0.3) is 0 Å². The van der Waals surface area contributed by atoms with Gasteiger partial charge in [-0.3, -0.25) is 4.79 Å². The second-order valence-electron chi connectivity index (χ2n) is 2.41. The Kier molecular flexibility index (Phi) is 2.65. The summed E-state index contributed by atoms with van der Waals surface area (Å²) in [5.41, 5.74) is 0.752. The summed E-state index contributed by atoms with van der Waals surface area (Å²) in [6.07, 6.45) is 1.57. The zero-order valence-corrected chi connectivity index (χ0v) is 7.67. The van der Waals surface area contributed by atoms with Crippen LogP contribution in [0.5, 0.6) is 0 Å². The minimum absolute atomic E-state index is 0.0303. The van der Waals surface area contributed by atoms with Crippen LogP contribution in [0.2, 0.25) is 5.15 Å². The van der Waals surface area contributed by atoms with E-state index in [2.05, 4.69) is 4.98 Å². The third kappa shape index (κ3) is 1.95. The largest absolute Gasteiger partial charge is 0.316 e. The van der Waals surface area contributed by atoms with Crippen LogP contribution in [0.3, 0.4) is 0 Å². The van der Waals surface area contributed by atoms with Gasteiger partial charge in [0.1, 0.15) is 5.15 Å². The Labute approximate surface area is 76.0 Å². The lowest BCUT2D eigenvalue weighted by atomic mass is 10.3. The molecule has 1 heterocycles. The number of rotatable bonds is 1. The van der Waals surface area contributed by atoms with Gasteiger partial charge < -0.3 is 4.90 Å². The SMILES string of the molecule is CC(=O)N(C)c1ccnc(Cl)c1. The Morgan fingerprint density at radius 2 is 2.33 bits per heavy atom. The van der Waals surface area contributed by atoms with Crippen molar-refractivity contribution in [2.24, 2.45) is 0 Å². The normalized spacial score (nSPS) is 9.58. The van der Waals surface area contributed by atoms with Crippen molar-refractivity contribution >= 4 is 23.2 Å². The van der Waals surface area contributed by atoms with Crippen molar-refractivity contribution in [1.29, 1.82) is 0 Å². The molecule has 0 aliphatic rings. The van der Waals surface area contributed by atoms with Crippen LogP contribution in [0.1, 0.15) is 6.92 Å². The summed E-state index contributed by atoms with van der Waals surface area (Å²) in [6, 6.07) is 3.37. The fourth-order valence-electron chi connectivity index (χ4n) is 0.783. The lowest BCUT2D eigenvalue weighted by Gasteiger charge is -2.14. The summed E-state index contributed by atoms with van der Waals surface area (Å²) in [6.45, 7) is 1.49. The third-order valence-electron chi connectivity index (χ3n) is 1.57. The van der Waals surface area contributed by atoms with Crippen LogP contribution in [0.4, 0.5) is 5.69 Å². The smallest absolute Gasteiger partial charge is 0.223 e. The molecule has 1 amide bonds. The van der Waals surface area contributed by atoms with Gasteiger partial charge in [-0.1, -0.05) is 11.6 Å². The number of hydrogen-bond donors (Lipinski definition) is 0. The standard InChI is InChI=1S/C8H9ClN2O/c1-6(12)11(2)7-3-4-10-8(9)5-7/h3-5H,1-2H3. The fourth-order valence-corrected chi connectivity index (χ4v) is 0.951. The Bertz CT molecular complexity index is 301. The van der Waals surface area contributed by atoms with Crippen LogP contribution in [-0.4, -0.2) is 17.9 Å². The lowest BCUT2D eigenvalue weighted by molar-refractivity contribution is -0.116. The van der Waals surface area contributed by atoms with Gasteiger partial charge in [0.25, 0.3) is 0 Å². The highest BCUT2D eigenvalue weighted by Gasteiger charge is 2.04. The van der Waals surface area contributed by atoms with Gasteiger partial charge in [0.15, 0.2) is 0 Å². The number of pyridine rings is 1. The van der Waals surface area contributed by atoms with Gasteiger partial charge in [0, 0.05) is 25.9 Å². The van der Waals surface area contributed by atoms with Gasteiger partial charge >= 0.3 is 0 Å². The predicted octanol–water partition coefficient (Wildman–Crippen LogP) is 1.72. The van der Waals surface area contributed by atoms with E-state index in [1.807, 2.05) is 0 Å². The molecule has 0 atom stereocenters. The maximum absolute atomic E-state index is 10.9. The first kappa shape index (κ1) is 9.00. The summed E-state index contributed by atoms with van der Waals surface area (Å²) < 4.78 is 0. The minimum Gasteiger partial charge on any atom is -0.316 e. The first-order chi connectivity index (χ1) is 5.61. The molecule has 0 bridgehead atoms. The highest BCUT2D eigenvalue weighted by molar-refractivity contribution is 6.29. The zero-order chi connectivity index (χ0) is 9.14. The Balaban J connectivity index is 2.95. The van der Waals surface area contributed by atoms with Gasteiger partial charge in [0.05, 0.1) is 0 Å². The summed E-state index contributed by atoms with van der Waals surface area (Å²) >= 11 is 5.64. The maximum atomic E-state index is 10.9. The summed E-state index contributed by atoms with van der Waals surface area (Å²) in [4.78, 5) is 16.2. The molecule has 12 heavy (non-hydrogen) atoms. The molecule has 3 nitrogen and oxygen atoms in total. The van der Waals surface area contributed by atoms with E-state index in [4.69, 9.17) is 11.6 Å². The molecule has 0 fully saturated rings. The van der Waals surface area contributed by atoms with Crippen molar-refractivity contribution in [2.45, 2.75) is 6.92 Å². The number of anilines is 1. The molecule has 0 spiro atoms. The monoisotopic (exact) mass is 184 g/mol. The number of halogens is 1. The van der Waals surface area contributed by atoms with Crippen molar-refractivity contribution in [3.05, 3.63) is 23.5 Å². The Morgan fingerprint density at radius 3 is 2.83 bits per heavy atom. The van der Waals surface area contributed by atoms with E-state index in [1.165, 1.54) is 11.8 Å². The van der Waals surface area contributed by atoms with Gasteiger partial charge in [-0.05, 0) is 12.1 Å². The maximum Gasteiger partial charge on any atom is 0.223 e. The number of carbonyl (C=O) groups is 1. The third-order valence-corrected chi connectivity index (χ3v) is 1.78. The second-order valence-corrected chi connectivity index (χ2v) is 2.80. The topological polar surface area (TPSA) is 33.2 Å². The van der Waals surface area contributed by atoms with Crippen LogP contribution in [0, 0.1) is 0 Å². The number of hydrogen-bond acceptors (Lipinski definition) is 2. The van der Waals surface area contributed by atoms with E-state index < -0.39 is 0 Å². The molecule has 1 rings (SSSR count). The van der Waals surface area contributed by atoms with Crippen molar-refractivity contribution < 1.29 is 4.79 Å². The van der Waals surface area contributed by atoms with Crippen molar-refractivity contribution in [3.8, 4) is 0 Å². The van der Waals surface area contributed by atoms with Gasteiger partial charge in [-0.2, -0.15) is 0 Å². The average Bonchev–Trinajstić information content (AvgIpc) is 2.03. The van der Waals surface area contributed by atoms with Gasteiger partial charge in [-0.25, -0.2) is 4.98 Å². The molecule has 0 aromatic carbocycles. The van der Waals surface area contributed by atoms with Crippen LogP contribution in [0.15, 0.2) is 18.3 Å². The fraction of sp³-hybridized carbons (Fsp3) is 0.250. The molecule has 0 aliphatic heterocycles. The number of amides is 1. The molecule has 0 unspecified atom stereocenters. The summed E-state index contributed by atoms with van der Waals surface area (Å²) in [7, 11) is 1.69. The first-order valence-electron chi connectivity index (χ1n) is 3.47. The van der Waals surface area contributed by atoms with E-state index in [9.17, 15) is 4.79 Å². The van der Waals surface area contributed by atoms with E-state index >= 15 is 0 Å². The highest BCUT2D eigenvalue weighted by atomic mass is 35.5. The summed E-state index contributed by atoms with van der Waals surface area (Å²) in [5.74, 6) is -0.0303. The molecule has 1 aromatic rings. The lowest BCUT2D eigenvalue weighted by Crippen LogP contribution is -2.22. The molecular formula is C8H9ClN2O. The molecule has 0 saturated carbocycles. The molecule has 1 aromatic heterocycles. The van der Waals surface area contributed by atoms with E-state index in [0.717, 1.165) is 5.69 Å². The van der Waals surface area contributed by atoms with Crippen molar-refractivity contribution in [1.82, 2.24) is 4.98 Å². The first-order valence-corrected chi connectivity index (χ1v) is 3.85. The Morgan fingerprint density at radius 1 is 1.67 bits per heavy atom.